The van der Waals surface area contributed by atoms with Crippen molar-refractivity contribution in [3.8, 4) is 0 Å². The molecule has 0 radical (unpaired) electrons. The summed E-state index contributed by atoms with van der Waals surface area (Å²) in [5.74, 6) is 1.06. The molecule has 2 aliphatic rings. The molecule has 37 heavy (non-hydrogen) atoms. The fraction of sp³-hybridized carbons (Fsp3) is 0.720. The number of sulfonamides is 1. The summed E-state index contributed by atoms with van der Waals surface area (Å²) in [7, 11) is -1.09. The number of carbonyl (C=O) groups is 1. The van der Waals surface area contributed by atoms with Gasteiger partial charge in [-0.1, -0.05) is 11.6 Å². The number of benzene rings is 1. The van der Waals surface area contributed by atoms with Crippen molar-refractivity contribution >= 4 is 27.5 Å². The molecule has 0 spiro atoms. The van der Waals surface area contributed by atoms with Crippen LogP contribution in [-0.4, -0.2) is 88.5 Å². The Bertz CT molecular complexity index is 1010. The van der Waals surface area contributed by atoms with Gasteiger partial charge in [0.05, 0.1) is 17.2 Å². The molecule has 1 aliphatic heterocycles. The van der Waals surface area contributed by atoms with Gasteiger partial charge in [0.2, 0.25) is 15.9 Å². The zero-order chi connectivity index (χ0) is 27.2. The van der Waals surface area contributed by atoms with E-state index in [1.807, 2.05) is 0 Å². The molecular weight excluding hydrogens is 531 g/mol. The van der Waals surface area contributed by atoms with Crippen molar-refractivity contribution in [3.05, 3.63) is 28.8 Å². The lowest BCUT2D eigenvalue weighted by molar-refractivity contribution is -0.137. The molecular formula is C25H37ClF3N3O4S. The minimum absolute atomic E-state index is 0.0465. The molecule has 0 bridgehead atoms. The Morgan fingerprint density at radius 3 is 2.32 bits per heavy atom. The average molecular weight is 568 g/mol. The van der Waals surface area contributed by atoms with Gasteiger partial charge in [-0.3, -0.25) is 4.79 Å². The van der Waals surface area contributed by atoms with Crippen LogP contribution in [0.15, 0.2) is 23.1 Å². The van der Waals surface area contributed by atoms with E-state index in [1.54, 1.807) is 11.9 Å². The summed E-state index contributed by atoms with van der Waals surface area (Å²) in [6.07, 6.45) is 2.62. The minimum atomic E-state index is -4.63. The number of likely N-dealkylation sites (tertiary alicyclic amines) is 1. The lowest BCUT2D eigenvalue weighted by atomic mass is 9.81. The number of likely N-dealkylation sites (N-methyl/N-ethyl adjacent to an activating group) is 2. The third-order valence-corrected chi connectivity index (χ3v) is 9.70. The predicted octanol–water partition coefficient (Wildman–Crippen LogP) is 4.36. The van der Waals surface area contributed by atoms with E-state index in [9.17, 15) is 26.4 Å². The zero-order valence-corrected chi connectivity index (χ0v) is 23.0. The third kappa shape index (κ3) is 8.54. The van der Waals surface area contributed by atoms with Crippen LogP contribution >= 0.6 is 11.6 Å². The normalized spacial score (nSPS) is 21.5. The van der Waals surface area contributed by atoms with Crippen LogP contribution in [0.1, 0.15) is 44.1 Å². The summed E-state index contributed by atoms with van der Waals surface area (Å²) < 4.78 is 70.3. The van der Waals surface area contributed by atoms with Crippen LogP contribution in [0.4, 0.5) is 13.2 Å². The average Bonchev–Trinajstić information content (AvgIpc) is 3.35. The number of nitrogens with zero attached hydrogens (tertiary/aromatic N) is 3. The highest BCUT2D eigenvalue weighted by Gasteiger charge is 2.33. The van der Waals surface area contributed by atoms with Gasteiger partial charge >= 0.3 is 6.18 Å². The topological polar surface area (TPSA) is 70.2 Å². The molecule has 2 fully saturated rings. The summed E-state index contributed by atoms with van der Waals surface area (Å²) >= 11 is 5.84. The fourth-order valence-electron chi connectivity index (χ4n) is 5.05. The van der Waals surface area contributed by atoms with Crippen LogP contribution in [0.3, 0.4) is 0 Å². The Morgan fingerprint density at radius 1 is 1.11 bits per heavy atom. The molecule has 1 aromatic rings. The van der Waals surface area contributed by atoms with Gasteiger partial charge < -0.3 is 14.5 Å². The second-order valence-corrected chi connectivity index (χ2v) is 12.6. The number of halogens is 4. The van der Waals surface area contributed by atoms with Gasteiger partial charge in [0.15, 0.2) is 0 Å². The minimum Gasteiger partial charge on any atom is -0.370 e. The van der Waals surface area contributed by atoms with Crippen LogP contribution in [0, 0.1) is 11.8 Å². The number of rotatable bonds is 11. The van der Waals surface area contributed by atoms with Crippen molar-refractivity contribution in [2.45, 2.75) is 49.6 Å². The molecule has 1 amide bonds. The van der Waals surface area contributed by atoms with E-state index in [0.717, 1.165) is 29.1 Å². The molecule has 0 aromatic heterocycles. The highest BCUT2D eigenvalue weighted by Crippen LogP contribution is 2.34. The molecule has 7 nitrogen and oxygen atoms in total. The Labute approximate surface area is 222 Å². The van der Waals surface area contributed by atoms with Crippen LogP contribution in [0.25, 0.3) is 0 Å². The van der Waals surface area contributed by atoms with Gasteiger partial charge in [0, 0.05) is 33.7 Å². The van der Waals surface area contributed by atoms with Crippen molar-refractivity contribution in [2.75, 3.05) is 60.0 Å². The van der Waals surface area contributed by atoms with E-state index in [-0.39, 0.29) is 25.7 Å². The third-order valence-electron chi connectivity index (χ3n) is 7.36. The Hall–Kier alpha value is -1.40. The van der Waals surface area contributed by atoms with E-state index in [1.165, 1.54) is 52.4 Å². The Morgan fingerprint density at radius 2 is 1.73 bits per heavy atom. The first-order valence-corrected chi connectivity index (χ1v) is 14.6. The quantitative estimate of drug-likeness (QED) is 0.372. The monoisotopic (exact) mass is 567 g/mol. The number of amides is 1. The molecule has 0 N–H and O–H groups in total. The van der Waals surface area contributed by atoms with Crippen LogP contribution in [0.2, 0.25) is 5.02 Å². The first-order valence-electron chi connectivity index (χ1n) is 12.7. The van der Waals surface area contributed by atoms with Crippen LogP contribution < -0.4 is 0 Å². The van der Waals surface area contributed by atoms with Gasteiger partial charge in [-0.15, -0.1) is 0 Å². The summed E-state index contributed by atoms with van der Waals surface area (Å²) in [6.45, 7) is 4.02. The first-order chi connectivity index (χ1) is 17.4. The molecule has 1 saturated carbocycles. The van der Waals surface area contributed by atoms with E-state index in [0.29, 0.717) is 24.6 Å². The SMILES string of the molecule is CN(CC1CCC(CN2CCCC2)CC1)C(=O)COCCN(C)S(=O)(=O)c1ccc(C(F)(F)F)cc1Cl. The molecule has 1 aromatic carbocycles. The predicted molar refractivity (Wildman–Crippen MR) is 136 cm³/mol. The van der Waals surface area contributed by atoms with Gasteiger partial charge in [-0.05, 0) is 81.6 Å². The first kappa shape index (κ1) is 30.1. The molecule has 210 valence electrons. The summed E-state index contributed by atoms with van der Waals surface area (Å²) in [5, 5.41) is -0.510. The lowest BCUT2D eigenvalue weighted by Crippen LogP contribution is -2.37. The smallest absolute Gasteiger partial charge is 0.370 e. The molecule has 12 heteroatoms. The summed E-state index contributed by atoms with van der Waals surface area (Å²) in [5.41, 5.74) is -1.03. The van der Waals surface area contributed by atoms with Crippen LogP contribution in [0.5, 0.6) is 0 Å². The maximum atomic E-state index is 12.8. The second kappa shape index (κ2) is 13.1. The van der Waals surface area contributed by atoms with E-state index < -0.39 is 31.7 Å². The maximum Gasteiger partial charge on any atom is 0.416 e. The molecule has 1 saturated heterocycles. The highest BCUT2D eigenvalue weighted by atomic mass is 35.5. The maximum absolute atomic E-state index is 12.8. The Balaban J connectivity index is 1.37. The number of alkyl halides is 3. The molecule has 0 unspecified atom stereocenters. The standard InChI is InChI=1S/C25H37ClF3N3O4S/c1-30(16-19-5-7-20(8-6-19)17-32-11-3-4-12-32)24(33)18-36-14-13-31(2)37(34,35)23-10-9-21(15-22(23)26)25(27,28)29/h9-10,15,19-20H,3-8,11-14,16-18H2,1-2H3. The van der Waals surface area contributed by atoms with Crippen molar-refractivity contribution in [2.24, 2.45) is 11.8 Å². The number of hydrogen-bond donors (Lipinski definition) is 0. The summed E-state index contributed by atoms with van der Waals surface area (Å²) in [4.78, 5) is 16.3. The largest absolute Gasteiger partial charge is 0.416 e. The van der Waals surface area contributed by atoms with E-state index in [4.69, 9.17) is 16.3 Å². The summed E-state index contributed by atoms with van der Waals surface area (Å²) in [6, 6.07) is 2.11. The van der Waals surface area contributed by atoms with Crippen molar-refractivity contribution in [3.63, 3.8) is 0 Å². The number of hydrogen-bond acceptors (Lipinski definition) is 5. The molecule has 3 rings (SSSR count). The van der Waals surface area contributed by atoms with Crippen molar-refractivity contribution in [1.29, 1.82) is 0 Å². The zero-order valence-electron chi connectivity index (χ0n) is 21.5. The van der Waals surface area contributed by atoms with Gasteiger partial charge in [-0.2, -0.15) is 17.5 Å². The molecule has 0 atom stereocenters. The van der Waals surface area contributed by atoms with Gasteiger partial charge in [0.25, 0.3) is 0 Å². The van der Waals surface area contributed by atoms with Crippen molar-refractivity contribution in [1.82, 2.24) is 14.1 Å². The molecule has 1 heterocycles. The number of ether oxygens (including phenoxy) is 1. The van der Waals surface area contributed by atoms with Gasteiger partial charge in [-0.25, -0.2) is 8.42 Å². The molecule has 1 aliphatic carbocycles. The van der Waals surface area contributed by atoms with E-state index >= 15 is 0 Å². The fourth-order valence-corrected chi connectivity index (χ4v) is 6.72. The Kier molecular flexibility index (Phi) is 10.7. The lowest BCUT2D eigenvalue weighted by Gasteiger charge is -2.33. The van der Waals surface area contributed by atoms with E-state index in [2.05, 4.69) is 4.90 Å². The van der Waals surface area contributed by atoms with Crippen molar-refractivity contribution < 1.29 is 31.1 Å². The second-order valence-electron chi connectivity index (χ2n) is 10.2. The number of carbonyl (C=O) groups excluding carboxylic acids is 1. The van der Waals surface area contributed by atoms with Gasteiger partial charge in [0.1, 0.15) is 11.5 Å². The van der Waals surface area contributed by atoms with Crippen LogP contribution in [-0.2, 0) is 25.7 Å². The highest BCUT2D eigenvalue weighted by molar-refractivity contribution is 7.89.